The van der Waals surface area contributed by atoms with Crippen molar-refractivity contribution in [1.29, 1.82) is 0 Å². The summed E-state index contributed by atoms with van der Waals surface area (Å²) in [5.74, 6) is -0.514. The van der Waals surface area contributed by atoms with E-state index in [1.165, 1.54) is 43.0 Å². The Kier molecular flexibility index (Phi) is 5.16. The minimum absolute atomic E-state index is 0.0390. The van der Waals surface area contributed by atoms with E-state index in [1.807, 2.05) is 0 Å². The summed E-state index contributed by atoms with van der Waals surface area (Å²) in [6.45, 7) is 3.07. The van der Waals surface area contributed by atoms with Crippen LogP contribution in [0.5, 0.6) is 11.5 Å². The zero-order chi connectivity index (χ0) is 24.7. The molecule has 0 aliphatic heterocycles. The van der Waals surface area contributed by atoms with E-state index in [-0.39, 0.29) is 11.7 Å². The summed E-state index contributed by atoms with van der Waals surface area (Å²) in [6.07, 6.45) is 1.53. The Hall–Kier alpha value is -4.80. The third-order valence-corrected chi connectivity index (χ3v) is 5.55. The number of nitrogens with two attached hydrogens (primary N) is 1. The average Bonchev–Trinajstić information content (AvgIpc) is 3.50. The summed E-state index contributed by atoms with van der Waals surface area (Å²) in [5, 5.41) is 17.8. The quantitative estimate of drug-likeness (QED) is 0.367. The van der Waals surface area contributed by atoms with Crippen LogP contribution in [0, 0.1) is 5.82 Å². The number of hydrogen-bond acceptors (Lipinski definition) is 8. The fourth-order valence-electron chi connectivity index (χ4n) is 3.47. The largest absolute Gasteiger partial charge is 0.481 e. The van der Waals surface area contributed by atoms with Crippen LogP contribution in [0.15, 0.2) is 65.3 Å². The van der Waals surface area contributed by atoms with Crippen molar-refractivity contribution in [3.63, 3.8) is 0 Å². The molecule has 0 radical (unpaired) electrons. The third-order valence-electron chi connectivity index (χ3n) is 5.55. The van der Waals surface area contributed by atoms with Gasteiger partial charge in [-0.2, -0.15) is 9.67 Å². The van der Waals surface area contributed by atoms with Crippen molar-refractivity contribution in [2.24, 2.45) is 0 Å². The number of carbonyl (C=O) groups is 1. The molecule has 0 spiro atoms. The van der Waals surface area contributed by atoms with E-state index in [1.54, 1.807) is 36.4 Å². The number of halogens is 1. The molecule has 0 fully saturated rings. The maximum Gasteiger partial charge on any atom is 0.313 e. The topological polar surface area (TPSA) is 142 Å². The number of nitrogen functional groups attached to an aromatic ring is 1. The van der Waals surface area contributed by atoms with E-state index >= 15 is 0 Å². The average molecular weight is 474 g/mol. The van der Waals surface area contributed by atoms with Gasteiger partial charge in [-0.1, -0.05) is 11.3 Å². The Labute approximate surface area is 197 Å². The molecule has 0 atom stereocenters. The van der Waals surface area contributed by atoms with E-state index in [0.717, 1.165) is 0 Å². The van der Waals surface area contributed by atoms with Gasteiger partial charge in [-0.15, -0.1) is 5.10 Å². The number of hydrogen-bond donors (Lipinski definition) is 2. The number of aromatic nitrogens is 5. The molecule has 11 heteroatoms. The first kappa shape index (κ1) is 22.0. The lowest BCUT2D eigenvalue weighted by Crippen LogP contribution is -2.28. The standard InChI is InChI=1S/C24H19FN6O4/c1-24(2,22(32)33)13-5-7-15(25)20(10-13)35-14-6-8-18-16(11-14)29-30-31(18)21-12-17(27-23(26)28-21)19-4-3-9-34-19/h3-12H,1-2H3,(H,32,33)(H2,26,27,28). The highest BCUT2D eigenvalue weighted by Gasteiger charge is 2.30. The van der Waals surface area contributed by atoms with E-state index < -0.39 is 17.2 Å². The maximum atomic E-state index is 14.4. The van der Waals surface area contributed by atoms with E-state index in [9.17, 15) is 14.3 Å². The van der Waals surface area contributed by atoms with E-state index in [4.69, 9.17) is 14.9 Å². The van der Waals surface area contributed by atoms with Gasteiger partial charge in [0.1, 0.15) is 17.0 Å². The number of fused-ring (bicyclic) bond motifs is 1. The van der Waals surface area contributed by atoms with Crippen LogP contribution >= 0.6 is 0 Å². The summed E-state index contributed by atoms with van der Waals surface area (Å²) >= 11 is 0. The van der Waals surface area contributed by atoms with Gasteiger partial charge in [0.25, 0.3) is 0 Å². The van der Waals surface area contributed by atoms with Gasteiger partial charge >= 0.3 is 5.97 Å². The summed E-state index contributed by atoms with van der Waals surface area (Å²) < 4.78 is 27.0. The fourth-order valence-corrected chi connectivity index (χ4v) is 3.47. The van der Waals surface area contributed by atoms with Crippen LogP contribution in [0.25, 0.3) is 28.3 Å². The highest BCUT2D eigenvalue weighted by Crippen LogP contribution is 2.32. The van der Waals surface area contributed by atoms with Crippen molar-refractivity contribution in [3.8, 4) is 28.8 Å². The summed E-state index contributed by atoms with van der Waals surface area (Å²) in [5.41, 5.74) is 6.62. The number of ether oxygens (including phenoxy) is 1. The number of furan rings is 1. The maximum absolute atomic E-state index is 14.4. The minimum atomic E-state index is -1.22. The Morgan fingerprint density at radius 1 is 1.14 bits per heavy atom. The number of rotatable bonds is 6. The van der Waals surface area contributed by atoms with Crippen LogP contribution in [0.2, 0.25) is 0 Å². The molecular formula is C24H19FN6O4. The van der Waals surface area contributed by atoms with Gasteiger partial charge in [-0.25, -0.2) is 9.37 Å². The van der Waals surface area contributed by atoms with Crippen LogP contribution in [0.3, 0.4) is 0 Å². The monoisotopic (exact) mass is 474 g/mol. The Morgan fingerprint density at radius 3 is 2.71 bits per heavy atom. The number of benzene rings is 2. The van der Waals surface area contributed by atoms with Gasteiger partial charge in [0.05, 0.1) is 17.2 Å². The fraction of sp³-hybridized carbons (Fsp3) is 0.125. The molecule has 0 unspecified atom stereocenters. The van der Waals surface area contributed by atoms with E-state index in [2.05, 4.69) is 20.3 Å². The first-order chi connectivity index (χ1) is 16.7. The number of aliphatic carboxylic acids is 1. The zero-order valence-corrected chi connectivity index (χ0v) is 18.6. The van der Waals surface area contributed by atoms with Gasteiger partial charge in [0.15, 0.2) is 23.1 Å². The van der Waals surface area contributed by atoms with Crippen molar-refractivity contribution in [2.45, 2.75) is 19.3 Å². The SMILES string of the molecule is CC(C)(C(=O)O)c1ccc(F)c(Oc2ccc3c(c2)nnn3-c2cc(-c3ccco3)nc(N)n2)c1. The highest BCUT2D eigenvalue weighted by molar-refractivity contribution is 5.80. The van der Waals surface area contributed by atoms with Crippen LogP contribution < -0.4 is 10.5 Å². The van der Waals surface area contributed by atoms with E-state index in [0.29, 0.717) is 39.6 Å². The number of anilines is 1. The van der Waals surface area contributed by atoms with Crippen LogP contribution in [-0.2, 0) is 10.2 Å². The van der Waals surface area contributed by atoms with Crippen molar-refractivity contribution in [1.82, 2.24) is 25.0 Å². The first-order valence-electron chi connectivity index (χ1n) is 10.5. The number of nitrogens with zero attached hydrogens (tertiary/aromatic N) is 5. The smallest absolute Gasteiger partial charge is 0.313 e. The molecule has 35 heavy (non-hydrogen) atoms. The Morgan fingerprint density at radius 2 is 1.97 bits per heavy atom. The lowest BCUT2D eigenvalue weighted by atomic mass is 9.85. The van der Waals surface area contributed by atoms with Crippen molar-refractivity contribution >= 4 is 23.0 Å². The van der Waals surface area contributed by atoms with Gasteiger partial charge in [-0.05, 0) is 55.8 Å². The molecule has 0 aliphatic carbocycles. The molecule has 0 saturated carbocycles. The van der Waals surface area contributed by atoms with Gasteiger partial charge in [0, 0.05) is 12.1 Å². The van der Waals surface area contributed by atoms with Crippen molar-refractivity contribution in [2.75, 3.05) is 5.73 Å². The molecule has 2 aromatic carbocycles. The molecular weight excluding hydrogens is 455 g/mol. The molecule has 5 aromatic rings. The Bertz CT molecular complexity index is 1560. The van der Waals surface area contributed by atoms with Gasteiger partial charge < -0.3 is 20.0 Å². The molecule has 176 valence electrons. The van der Waals surface area contributed by atoms with Crippen molar-refractivity contribution in [3.05, 3.63) is 72.2 Å². The summed E-state index contributed by atoms with van der Waals surface area (Å²) in [4.78, 5) is 20.0. The summed E-state index contributed by atoms with van der Waals surface area (Å²) in [6, 6.07) is 14.0. The molecule has 3 N–H and O–H groups in total. The summed E-state index contributed by atoms with van der Waals surface area (Å²) in [7, 11) is 0. The second kappa shape index (κ2) is 8.20. The second-order valence-corrected chi connectivity index (χ2v) is 8.28. The van der Waals surface area contributed by atoms with Crippen LogP contribution in [0.1, 0.15) is 19.4 Å². The molecule has 0 aliphatic rings. The minimum Gasteiger partial charge on any atom is -0.481 e. The number of carboxylic acids is 1. The van der Waals surface area contributed by atoms with Gasteiger partial charge in [0.2, 0.25) is 5.95 Å². The lowest BCUT2D eigenvalue weighted by Gasteiger charge is -2.20. The molecule has 3 heterocycles. The normalized spacial score (nSPS) is 11.6. The molecule has 3 aromatic heterocycles. The predicted octanol–water partition coefficient (Wildman–Crippen LogP) is 4.35. The van der Waals surface area contributed by atoms with Crippen molar-refractivity contribution < 1.29 is 23.4 Å². The highest BCUT2D eigenvalue weighted by atomic mass is 19.1. The lowest BCUT2D eigenvalue weighted by molar-refractivity contribution is -0.142. The molecule has 0 bridgehead atoms. The molecule has 0 saturated heterocycles. The predicted molar refractivity (Wildman–Crippen MR) is 124 cm³/mol. The second-order valence-electron chi connectivity index (χ2n) is 8.28. The van der Waals surface area contributed by atoms with Crippen LogP contribution in [0.4, 0.5) is 10.3 Å². The number of carboxylic acid groups (broad SMARTS) is 1. The first-order valence-corrected chi connectivity index (χ1v) is 10.5. The molecule has 0 amide bonds. The molecule has 10 nitrogen and oxygen atoms in total. The third kappa shape index (κ3) is 4.03. The zero-order valence-electron chi connectivity index (χ0n) is 18.6. The Balaban J connectivity index is 1.48. The molecule has 5 rings (SSSR count). The van der Waals surface area contributed by atoms with Gasteiger partial charge in [-0.3, -0.25) is 4.79 Å². The van der Waals surface area contributed by atoms with Crippen LogP contribution in [-0.4, -0.2) is 36.0 Å².